The number of thioether (sulfide) groups is 1. The molecule has 2 amide bonds. The van der Waals surface area contributed by atoms with E-state index in [0.29, 0.717) is 42.9 Å². The zero-order valence-corrected chi connectivity index (χ0v) is 18.4. The van der Waals surface area contributed by atoms with Crippen LogP contribution >= 0.6 is 11.8 Å². The van der Waals surface area contributed by atoms with Crippen LogP contribution in [0.25, 0.3) is 0 Å². The summed E-state index contributed by atoms with van der Waals surface area (Å²) in [6.45, 7) is 4.04. The number of hydrogen-bond acceptors (Lipinski definition) is 6. The third-order valence-electron chi connectivity index (χ3n) is 5.91. The molecule has 3 heterocycles. The summed E-state index contributed by atoms with van der Waals surface area (Å²) in [5, 5.41) is 0.610. The molecule has 164 valence electrons. The predicted molar refractivity (Wildman–Crippen MR) is 124 cm³/mol. The van der Waals surface area contributed by atoms with Crippen molar-refractivity contribution >= 4 is 46.0 Å². The molecular weight excluding hydrogens is 429 g/mol. The molecule has 0 radical (unpaired) electrons. The largest absolute Gasteiger partial charge is 0.366 e. The number of halogens is 1. The molecular formula is C23H22FN5O2S. The fourth-order valence-electron chi connectivity index (χ4n) is 4.13. The number of hydrogen-bond donors (Lipinski definition) is 0. The summed E-state index contributed by atoms with van der Waals surface area (Å²) in [5.74, 6) is 0.361. The first kappa shape index (κ1) is 20.7. The lowest BCUT2D eigenvalue weighted by atomic mass is 10.1. The Bertz CT molecular complexity index is 1140. The van der Waals surface area contributed by atoms with E-state index < -0.39 is 6.04 Å². The molecule has 5 rings (SSSR count). The van der Waals surface area contributed by atoms with Gasteiger partial charge in [0.15, 0.2) is 5.17 Å². The maximum atomic E-state index is 14.1. The molecule has 1 saturated heterocycles. The highest BCUT2D eigenvalue weighted by molar-refractivity contribution is 8.14. The van der Waals surface area contributed by atoms with Gasteiger partial charge in [-0.1, -0.05) is 36.0 Å². The van der Waals surface area contributed by atoms with Gasteiger partial charge in [-0.25, -0.2) is 9.38 Å². The lowest BCUT2D eigenvalue weighted by Crippen LogP contribution is -2.50. The van der Waals surface area contributed by atoms with Gasteiger partial charge >= 0.3 is 0 Å². The minimum absolute atomic E-state index is 0.00130. The van der Waals surface area contributed by atoms with E-state index in [1.165, 1.54) is 17.8 Å². The van der Waals surface area contributed by atoms with Gasteiger partial charge in [-0.3, -0.25) is 14.5 Å². The van der Waals surface area contributed by atoms with E-state index >= 15 is 0 Å². The fraction of sp³-hybridized carbons (Fsp3) is 0.304. The van der Waals surface area contributed by atoms with Crippen molar-refractivity contribution in [1.29, 1.82) is 0 Å². The van der Waals surface area contributed by atoms with Crippen LogP contribution in [-0.4, -0.2) is 70.6 Å². The van der Waals surface area contributed by atoms with Gasteiger partial charge in [0.05, 0.1) is 17.1 Å². The second kappa shape index (κ2) is 8.38. The highest BCUT2D eigenvalue weighted by Gasteiger charge is 2.39. The van der Waals surface area contributed by atoms with Crippen LogP contribution in [0, 0.1) is 5.82 Å². The topological polar surface area (TPSA) is 68.6 Å². The Morgan fingerprint density at radius 2 is 1.78 bits per heavy atom. The molecule has 0 N–H and O–H groups in total. The molecule has 1 atom stereocenters. The number of fused-ring (bicyclic) bond motifs is 3. The van der Waals surface area contributed by atoms with Gasteiger partial charge in [0.2, 0.25) is 5.91 Å². The van der Waals surface area contributed by atoms with Gasteiger partial charge in [0.1, 0.15) is 17.7 Å². The number of amides is 2. The predicted octanol–water partition coefficient (Wildman–Crippen LogP) is 2.89. The molecule has 0 spiro atoms. The van der Waals surface area contributed by atoms with E-state index in [1.54, 1.807) is 24.0 Å². The summed E-state index contributed by atoms with van der Waals surface area (Å²) in [4.78, 5) is 39.6. The van der Waals surface area contributed by atoms with Crippen LogP contribution in [0.5, 0.6) is 0 Å². The third-order valence-corrected chi connectivity index (χ3v) is 6.84. The number of benzene rings is 2. The van der Waals surface area contributed by atoms with Crippen LogP contribution in [0.1, 0.15) is 12.5 Å². The van der Waals surface area contributed by atoms with Crippen molar-refractivity contribution in [3.05, 3.63) is 59.9 Å². The molecule has 1 fully saturated rings. The Labute approximate surface area is 189 Å². The Balaban J connectivity index is 1.25. The molecule has 0 aliphatic carbocycles. The summed E-state index contributed by atoms with van der Waals surface area (Å²) in [5.41, 5.74) is 2.15. The summed E-state index contributed by atoms with van der Waals surface area (Å²) in [7, 11) is 0. The van der Waals surface area contributed by atoms with Gasteiger partial charge < -0.3 is 9.80 Å². The average Bonchev–Trinajstić information content (AvgIpc) is 3.12. The molecule has 32 heavy (non-hydrogen) atoms. The molecule has 0 aromatic heterocycles. The van der Waals surface area contributed by atoms with Crippen LogP contribution in [0.4, 0.5) is 15.8 Å². The molecule has 9 heteroatoms. The second-order valence-corrected chi connectivity index (χ2v) is 8.78. The van der Waals surface area contributed by atoms with Crippen molar-refractivity contribution in [2.75, 3.05) is 36.8 Å². The van der Waals surface area contributed by atoms with Gasteiger partial charge in [-0.15, -0.1) is 0 Å². The molecule has 3 aliphatic heterocycles. The lowest BCUT2D eigenvalue weighted by Gasteiger charge is -2.36. The van der Waals surface area contributed by atoms with Crippen LogP contribution in [0.3, 0.4) is 0 Å². The van der Waals surface area contributed by atoms with Crippen LogP contribution in [-0.2, 0) is 9.59 Å². The van der Waals surface area contributed by atoms with Crippen molar-refractivity contribution in [2.24, 2.45) is 9.98 Å². The number of carbonyl (C=O) groups excluding carboxylic acids is 2. The monoisotopic (exact) mass is 451 g/mol. The molecule has 2 aromatic carbocycles. The van der Waals surface area contributed by atoms with Crippen molar-refractivity contribution < 1.29 is 14.0 Å². The van der Waals surface area contributed by atoms with Crippen LogP contribution in [0.2, 0.25) is 0 Å². The van der Waals surface area contributed by atoms with Gasteiger partial charge in [-0.2, -0.15) is 4.99 Å². The third kappa shape index (κ3) is 3.66. The zero-order chi connectivity index (χ0) is 22.2. The summed E-state index contributed by atoms with van der Waals surface area (Å²) >= 11 is 1.32. The van der Waals surface area contributed by atoms with Gasteiger partial charge in [0, 0.05) is 31.7 Å². The number of nitrogens with zero attached hydrogens (tertiary/aromatic N) is 5. The molecule has 0 bridgehead atoms. The van der Waals surface area contributed by atoms with Crippen molar-refractivity contribution in [3.8, 4) is 0 Å². The van der Waals surface area contributed by atoms with E-state index in [1.807, 2.05) is 40.1 Å². The van der Waals surface area contributed by atoms with Gasteiger partial charge in [-0.05, 0) is 31.2 Å². The summed E-state index contributed by atoms with van der Waals surface area (Å²) < 4.78 is 14.1. The minimum atomic E-state index is -0.441. The normalized spacial score (nSPS) is 20.0. The number of para-hydroxylation sites is 2. The summed E-state index contributed by atoms with van der Waals surface area (Å²) in [6, 6.07) is 13.8. The quantitative estimate of drug-likeness (QED) is 0.718. The second-order valence-electron chi connectivity index (χ2n) is 7.84. The molecule has 1 unspecified atom stereocenters. The van der Waals surface area contributed by atoms with Crippen molar-refractivity contribution in [2.45, 2.75) is 13.0 Å². The number of piperazine rings is 1. The smallest absolute Gasteiger partial charge is 0.270 e. The number of rotatable bonds is 3. The van der Waals surface area contributed by atoms with E-state index in [4.69, 9.17) is 4.99 Å². The number of amidine groups is 2. The molecule has 3 aliphatic rings. The minimum Gasteiger partial charge on any atom is -0.366 e. The first-order chi connectivity index (χ1) is 15.5. The van der Waals surface area contributed by atoms with E-state index in [-0.39, 0.29) is 23.4 Å². The SMILES string of the molecule is CC1C(=O)N=C2c3ccccc3N=C(SCC(=O)N3CCN(c4ccccc4F)CC3)N21. The van der Waals surface area contributed by atoms with Crippen molar-refractivity contribution in [1.82, 2.24) is 9.80 Å². The summed E-state index contributed by atoms with van der Waals surface area (Å²) in [6.07, 6.45) is 0. The molecule has 2 aromatic rings. The molecule has 7 nitrogen and oxygen atoms in total. The zero-order valence-electron chi connectivity index (χ0n) is 17.6. The Hall–Kier alpha value is -3.20. The standard InChI is InChI=1S/C23H22FN5O2S/c1-15-22(31)26-21-16-6-2-4-8-18(16)25-23(29(15)21)32-14-20(30)28-12-10-27(11-13-28)19-9-5-3-7-17(19)24/h2-9,15H,10-14H2,1H3. The fourth-order valence-corrected chi connectivity index (χ4v) is 5.11. The van der Waals surface area contributed by atoms with Crippen molar-refractivity contribution in [3.63, 3.8) is 0 Å². The first-order valence-corrected chi connectivity index (χ1v) is 11.5. The Kier molecular flexibility index (Phi) is 5.42. The first-order valence-electron chi connectivity index (χ1n) is 10.5. The lowest BCUT2D eigenvalue weighted by molar-refractivity contribution is -0.128. The maximum Gasteiger partial charge on any atom is 0.270 e. The van der Waals surface area contributed by atoms with E-state index in [2.05, 4.69) is 4.99 Å². The maximum absolute atomic E-state index is 14.1. The van der Waals surface area contributed by atoms with Gasteiger partial charge in [0.25, 0.3) is 5.91 Å². The number of anilines is 1. The van der Waals surface area contributed by atoms with E-state index in [0.717, 1.165) is 11.3 Å². The molecule has 0 saturated carbocycles. The Morgan fingerprint density at radius 3 is 2.56 bits per heavy atom. The average molecular weight is 452 g/mol. The highest BCUT2D eigenvalue weighted by atomic mass is 32.2. The highest BCUT2D eigenvalue weighted by Crippen LogP contribution is 2.34. The number of carbonyl (C=O) groups is 2. The number of aliphatic imine (C=N–C) groups is 2. The van der Waals surface area contributed by atoms with Crippen LogP contribution < -0.4 is 4.90 Å². The van der Waals surface area contributed by atoms with Crippen LogP contribution in [0.15, 0.2) is 58.5 Å². The Morgan fingerprint density at radius 1 is 1.06 bits per heavy atom. The van der Waals surface area contributed by atoms with E-state index in [9.17, 15) is 14.0 Å².